The molecule has 0 aliphatic heterocycles. The van der Waals surface area contributed by atoms with Crippen LogP contribution in [-0.2, 0) is 9.53 Å². The summed E-state index contributed by atoms with van der Waals surface area (Å²) < 4.78 is 6.16. The highest BCUT2D eigenvalue weighted by atomic mass is 16.5. The molecular formula is C43H78O2. The van der Waals surface area contributed by atoms with E-state index in [1.165, 1.54) is 141 Å². The molecule has 0 amide bonds. The van der Waals surface area contributed by atoms with Crippen molar-refractivity contribution in [1.29, 1.82) is 0 Å². The fourth-order valence-corrected chi connectivity index (χ4v) is 11.9. The highest BCUT2D eigenvalue weighted by molar-refractivity contribution is 5.69. The molecular weight excluding hydrogens is 548 g/mol. The lowest BCUT2D eigenvalue weighted by Gasteiger charge is -2.61. The Balaban J connectivity index is 1.12. The second-order valence-corrected chi connectivity index (χ2v) is 18.1. The summed E-state index contributed by atoms with van der Waals surface area (Å²) in [4.78, 5) is 12.8. The van der Waals surface area contributed by atoms with E-state index < -0.39 is 0 Å². The van der Waals surface area contributed by atoms with Crippen LogP contribution < -0.4 is 0 Å². The van der Waals surface area contributed by atoms with Crippen LogP contribution in [0.25, 0.3) is 0 Å². The molecule has 2 nitrogen and oxygen atoms in total. The molecule has 262 valence electrons. The van der Waals surface area contributed by atoms with E-state index in [0.717, 1.165) is 60.7 Å². The van der Waals surface area contributed by atoms with Gasteiger partial charge in [0.15, 0.2) is 0 Å². The number of rotatable bonds is 20. The lowest BCUT2D eigenvalue weighted by atomic mass is 9.44. The van der Waals surface area contributed by atoms with E-state index in [1.54, 1.807) is 0 Å². The Hall–Kier alpha value is -0.530. The van der Waals surface area contributed by atoms with Crippen LogP contribution in [-0.4, -0.2) is 12.1 Å². The van der Waals surface area contributed by atoms with Gasteiger partial charge in [0, 0.05) is 6.42 Å². The number of hydrogen-bond acceptors (Lipinski definition) is 2. The Morgan fingerprint density at radius 1 is 0.667 bits per heavy atom. The minimum absolute atomic E-state index is 0.0910. The summed E-state index contributed by atoms with van der Waals surface area (Å²) in [6, 6.07) is 0. The van der Waals surface area contributed by atoms with Gasteiger partial charge in [-0.1, -0.05) is 138 Å². The minimum Gasteiger partial charge on any atom is -0.462 e. The van der Waals surface area contributed by atoms with Crippen molar-refractivity contribution in [2.45, 2.75) is 215 Å². The molecule has 9 atom stereocenters. The van der Waals surface area contributed by atoms with Crippen LogP contribution >= 0.6 is 0 Å². The average Bonchev–Trinajstić information content (AvgIpc) is 3.37. The van der Waals surface area contributed by atoms with E-state index in [9.17, 15) is 4.79 Å². The number of carbonyl (C=O) groups excluding carboxylic acids is 1. The van der Waals surface area contributed by atoms with Gasteiger partial charge in [0.05, 0.1) is 0 Å². The second kappa shape index (κ2) is 18.3. The third-order valence-corrected chi connectivity index (χ3v) is 14.6. The number of fused-ring (bicyclic) bond motifs is 5. The van der Waals surface area contributed by atoms with Gasteiger partial charge in [0.25, 0.3) is 0 Å². The SMILES string of the molecule is CCCCCCCCCCCCCCCC(=O)OC1CC[C@@]2(C)C(CCC3C2CC[C@@]2(C)C3CC[C@@H]2[C@H](C)CCCC(C)C)C1. The van der Waals surface area contributed by atoms with Gasteiger partial charge in [-0.2, -0.15) is 0 Å². The topological polar surface area (TPSA) is 26.3 Å². The number of esters is 1. The van der Waals surface area contributed by atoms with Crippen molar-refractivity contribution in [2.75, 3.05) is 0 Å². The van der Waals surface area contributed by atoms with Crippen LogP contribution in [0.2, 0.25) is 0 Å². The van der Waals surface area contributed by atoms with Gasteiger partial charge in [-0.05, 0) is 116 Å². The van der Waals surface area contributed by atoms with Crippen LogP contribution in [0.5, 0.6) is 0 Å². The number of unbranched alkanes of at least 4 members (excludes halogenated alkanes) is 12. The summed E-state index contributed by atoms with van der Waals surface area (Å²) in [6.45, 7) is 15.1. The predicted octanol–water partition coefficient (Wildman–Crippen LogP) is 13.5. The molecule has 0 aromatic rings. The Morgan fingerprint density at radius 3 is 1.91 bits per heavy atom. The molecule has 4 fully saturated rings. The molecule has 4 saturated carbocycles. The van der Waals surface area contributed by atoms with Crippen molar-refractivity contribution in [1.82, 2.24) is 0 Å². The zero-order valence-electron chi connectivity index (χ0n) is 31.3. The first-order chi connectivity index (χ1) is 21.7. The summed E-state index contributed by atoms with van der Waals surface area (Å²) in [5.74, 6) is 6.37. The first-order valence-corrected chi connectivity index (χ1v) is 20.9. The van der Waals surface area contributed by atoms with Gasteiger partial charge in [-0.3, -0.25) is 4.79 Å². The van der Waals surface area contributed by atoms with Crippen LogP contribution in [0, 0.1) is 52.3 Å². The highest BCUT2D eigenvalue weighted by Crippen LogP contribution is 2.68. The zero-order valence-corrected chi connectivity index (χ0v) is 31.3. The molecule has 45 heavy (non-hydrogen) atoms. The first-order valence-electron chi connectivity index (χ1n) is 20.9. The summed E-state index contributed by atoms with van der Waals surface area (Å²) in [5, 5.41) is 0. The number of ether oxygens (including phenoxy) is 1. The lowest BCUT2D eigenvalue weighted by molar-refractivity contribution is -0.162. The Labute approximate surface area is 281 Å². The third kappa shape index (κ3) is 10.00. The monoisotopic (exact) mass is 627 g/mol. The van der Waals surface area contributed by atoms with Gasteiger partial charge in [-0.15, -0.1) is 0 Å². The standard InChI is InChI=1S/C43H78O2/c1-7-8-9-10-11-12-13-14-15-16-17-18-19-23-41(44)45-36-28-30-42(5)35(32-36)24-25-37-39-27-26-38(34(4)22-20-21-33(2)3)43(39,6)31-29-40(37)42/h33-40H,7-32H2,1-6H3/t34-,35?,36?,37?,38-,39?,40?,42+,43-/m1/s1. The van der Waals surface area contributed by atoms with Crippen molar-refractivity contribution < 1.29 is 9.53 Å². The van der Waals surface area contributed by atoms with Crippen molar-refractivity contribution in [3.63, 3.8) is 0 Å². The van der Waals surface area contributed by atoms with Crippen molar-refractivity contribution in [3.05, 3.63) is 0 Å². The summed E-state index contributed by atoms with van der Waals surface area (Å²) >= 11 is 0. The summed E-state index contributed by atoms with van der Waals surface area (Å²) in [6.07, 6.45) is 34.9. The van der Waals surface area contributed by atoms with E-state index in [2.05, 4.69) is 41.5 Å². The van der Waals surface area contributed by atoms with Gasteiger partial charge in [0.1, 0.15) is 6.10 Å². The van der Waals surface area contributed by atoms with Crippen molar-refractivity contribution >= 4 is 5.97 Å². The number of carbonyl (C=O) groups is 1. The van der Waals surface area contributed by atoms with E-state index in [0.29, 0.717) is 17.3 Å². The van der Waals surface area contributed by atoms with Crippen LogP contribution in [0.4, 0.5) is 0 Å². The van der Waals surface area contributed by atoms with Gasteiger partial charge in [0.2, 0.25) is 0 Å². The predicted molar refractivity (Wildman–Crippen MR) is 193 cm³/mol. The molecule has 4 aliphatic carbocycles. The van der Waals surface area contributed by atoms with Crippen LogP contribution in [0.1, 0.15) is 208 Å². The molecule has 0 radical (unpaired) electrons. The largest absolute Gasteiger partial charge is 0.462 e. The molecule has 0 N–H and O–H groups in total. The molecule has 0 saturated heterocycles. The minimum atomic E-state index is 0.0910. The molecule has 4 rings (SSSR count). The maximum Gasteiger partial charge on any atom is 0.306 e. The van der Waals surface area contributed by atoms with Crippen molar-refractivity contribution in [2.24, 2.45) is 52.3 Å². The fourth-order valence-electron chi connectivity index (χ4n) is 11.9. The molecule has 2 heteroatoms. The molecule has 0 spiro atoms. The summed E-state index contributed by atoms with van der Waals surface area (Å²) in [7, 11) is 0. The van der Waals surface area contributed by atoms with Crippen LogP contribution in [0.15, 0.2) is 0 Å². The van der Waals surface area contributed by atoms with Gasteiger partial charge < -0.3 is 4.74 Å². The normalized spacial score (nSPS) is 35.1. The highest BCUT2D eigenvalue weighted by Gasteiger charge is 2.60. The third-order valence-electron chi connectivity index (χ3n) is 14.6. The van der Waals surface area contributed by atoms with E-state index >= 15 is 0 Å². The number of hydrogen-bond donors (Lipinski definition) is 0. The van der Waals surface area contributed by atoms with E-state index in [1.807, 2.05) is 0 Å². The maximum absolute atomic E-state index is 12.8. The zero-order chi connectivity index (χ0) is 32.3. The molecule has 0 aromatic heterocycles. The Bertz CT molecular complexity index is 849. The van der Waals surface area contributed by atoms with Gasteiger partial charge in [-0.25, -0.2) is 0 Å². The van der Waals surface area contributed by atoms with E-state index in [4.69, 9.17) is 4.74 Å². The van der Waals surface area contributed by atoms with Gasteiger partial charge >= 0.3 is 5.97 Å². The second-order valence-electron chi connectivity index (χ2n) is 18.1. The molecule has 0 heterocycles. The first kappa shape index (κ1) is 37.3. The Morgan fingerprint density at radius 2 is 1.27 bits per heavy atom. The molecule has 0 bridgehead atoms. The Kier molecular flexibility index (Phi) is 15.2. The quantitative estimate of drug-likeness (QED) is 0.0992. The molecule has 0 aromatic carbocycles. The fraction of sp³-hybridized carbons (Fsp3) is 0.977. The lowest BCUT2D eigenvalue weighted by Crippen LogP contribution is -2.54. The molecule has 5 unspecified atom stereocenters. The average molecular weight is 627 g/mol. The van der Waals surface area contributed by atoms with Crippen LogP contribution in [0.3, 0.4) is 0 Å². The molecule has 4 aliphatic rings. The summed E-state index contributed by atoms with van der Waals surface area (Å²) in [5.41, 5.74) is 1.06. The maximum atomic E-state index is 12.8. The van der Waals surface area contributed by atoms with Crippen molar-refractivity contribution in [3.8, 4) is 0 Å². The smallest absolute Gasteiger partial charge is 0.306 e. The van der Waals surface area contributed by atoms with E-state index in [-0.39, 0.29) is 12.1 Å².